The largest absolute Gasteiger partial charge is 0.507 e. The van der Waals surface area contributed by atoms with Gasteiger partial charge >= 0.3 is 0 Å². The van der Waals surface area contributed by atoms with Crippen molar-refractivity contribution in [2.75, 3.05) is 0 Å². The zero-order chi connectivity index (χ0) is 16.7. The van der Waals surface area contributed by atoms with E-state index in [0.717, 1.165) is 29.5 Å². The van der Waals surface area contributed by atoms with E-state index in [1.54, 1.807) is 6.07 Å². The number of hydrogen-bond donors (Lipinski definition) is 1. The van der Waals surface area contributed by atoms with Crippen LogP contribution in [-0.2, 0) is 0 Å². The summed E-state index contributed by atoms with van der Waals surface area (Å²) >= 11 is 3.32. The molecule has 0 spiro atoms. The average Bonchev–Trinajstić information content (AvgIpc) is 2.57. The van der Waals surface area contributed by atoms with Gasteiger partial charge in [0.25, 0.3) is 0 Å². The molecular formula is C20H23BrO2. The summed E-state index contributed by atoms with van der Waals surface area (Å²) in [7, 11) is 0. The molecule has 0 saturated heterocycles. The maximum absolute atomic E-state index is 12.2. The minimum Gasteiger partial charge on any atom is -0.507 e. The van der Waals surface area contributed by atoms with Crippen molar-refractivity contribution in [2.45, 2.75) is 45.4 Å². The molecule has 0 atom stereocenters. The molecule has 0 bridgehead atoms. The van der Waals surface area contributed by atoms with E-state index >= 15 is 0 Å². The van der Waals surface area contributed by atoms with Crippen molar-refractivity contribution in [1.82, 2.24) is 0 Å². The SMILES string of the molecule is CCCCCCCC(=O)c1ccc(-c2ccc(O)c(Br)c2)cc1. The summed E-state index contributed by atoms with van der Waals surface area (Å²) in [5.41, 5.74) is 2.82. The molecule has 0 radical (unpaired) electrons. The minimum absolute atomic E-state index is 0.222. The van der Waals surface area contributed by atoms with E-state index in [4.69, 9.17) is 0 Å². The number of aromatic hydroxyl groups is 1. The van der Waals surface area contributed by atoms with Crippen LogP contribution in [0.25, 0.3) is 11.1 Å². The first-order valence-electron chi connectivity index (χ1n) is 8.24. The van der Waals surface area contributed by atoms with E-state index in [2.05, 4.69) is 22.9 Å². The Balaban J connectivity index is 1.96. The molecule has 0 aliphatic rings. The number of rotatable bonds is 8. The molecule has 0 fully saturated rings. The van der Waals surface area contributed by atoms with Crippen LogP contribution in [0.4, 0.5) is 0 Å². The molecule has 2 rings (SSSR count). The number of carbonyl (C=O) groups excluding carboxylic acids is 1. The fourth-order valence-electron chi connectivity index (χ4n) is 2.57. The van der Waals surface area contributed by atoms with Gasteiger partial charge in [-0.15, -0.1) is 0 Å². The molecule has 0 saturated carbocycles. The predicted molar refractivity (Wildman–Crippen MR) is 98.9 cm³/mol. The highest BCUT2D eigenvalue weighted by Crippen LogP contribution is 2.29. The number of hydrogen-bond acceptors (Lipinski definition) is 2. The second-order valence-electron chi connectivity index (χ2n) is 5.83. The normalized spacial score (nSPS) is 10.7. The Morgan fingerprint density at radius 1 is 0.957 bits per heavy atom. The first-order valence-corrected chi connectivity index (χ1v) is 9.03. The summed E-state index contributed by atoms with van der Waals surface area (Å²) in [5.74, 6) is 0.448. The fraction of sp³-hybridized carbons (Fsp3) is 0.350. The van der Waals surface area contributed by atoms with Crippen LogP contribution in [0.2, 0.25) is 0 Å². The van der Waals surface area contributed by atoms with Crippen LogP contribution in [0.1, 0.15) is 55.8 Å². The Hall–Kier alpha value is -1.61. The summed E-state index contributed by atoms with van der Waals surface area (Å²) in [6.45, 7) is 2.19. The third kappa shape index (κ3) is 5.21. The van der Waals surface area contributed by atoms with E-state index in [9.17, 15) is 9.90 Å². The molecule has 0 amide bonds. The van der Waals surface area contributed by atoms with Crippen molar-refractivity contribution in [3.05, 3.63) is 52.5 Å². The Bertz CT molecular complexity index is 647. The molecule has 2 nitrogen and oxygen atoms in total. The smallest absolute Gasteiger partial charge is 0.162 e. The lowest BCUT2D eigenvalue weighted by atomic mass is 10.00. The van der Waals surface area contributed by atoms with E-state index in [0.29, 0.717) is 10.9 Å². The molecule has 0 unspecified atom stereocenters. The van der Waals surface area contributed by atoms with E-state index < -0.39 is 0 Å². The van der Waals surface area contributed by atoms with Crippen LogP contribution in [0.3, 0.4) is 0 Å². The third-order valence-electron chi connectivity index (χ3n) is 4.00. The predicted octanol–water partition coefficient (Wildman–Crippen LogP) is 6.36. The molecule has 2 aromatic rings. The highest BCUT2D eigenvalue weighted by Gasteiger charge is 2.07. The zero-order valence-electron chi connectivity index (χ0n) is 13.5. The number of unbranched alkanes of at least 4 members (excludes halogenated alkanes) is 4. The van der Waals surface area contributed by atoms with Crippen LogP contribution in [0, 0.1) is 0 Å². The summed E-state index contributed by atoms with van der Waals surface area (Å²) < 4.78 is 0.669. The van der Waals surface area contributed by atoms with Gasteiger partial charge in [-0.2, -0.15) is 0 Å². The van der Waals surface area contributed by atoms with Gasteiger partial charge in [0, 0.05) is 12.0 Å². The Morgan fingerprint density at radius 2 is 1.61 bits per heavy atom. The van der Waals surface area contributed by atoms with Crippen molar-refractivity contribution in [3.8, 4) is 16.9 Å². The maximum atomic E-state index is 12.2. The van der Waals surface area contributed by atoms with Crippen LogP contribution in [0.15, 0.2) is 46.9 Å². The summed E-state index contributed by atoms with van der Waals surface area (Å²) in [6, 6.07) is 13.1. The standard InChI is InChI=1S/C20H23BrO2/c1-2-3-4-5-6-7-19(22)16-10-8-15(9-11-16)17-12-13-20(23)18(21)14-17/h8-14,23H,2-7H2,1H3. The molecule has 0 aromatic heterocycles. The Labute approximate surface area is 146 Å². The van der Waals surface area contributed by atoms with Crippen LogP contribution in [-0.4, -0.2) is 10.9 Å². The van der Waals surface area contributed by atoms with Gasteiger partial charge in [0.15, 0.2) is 5.78 Å². The van der Waals surface area contributed by atoms with E-state index in [-0.39, 0.29) is 11.5 Å². The average molecular weight is 375 g/mol. The molecular weight excluding hydrogens is 352 g/mol. The van der Waals surface area contributed by atoms with Gasteiger partial charge in [-0.3, -0.25) is 4.79 Å². The fourth-order valence-corrected chi connectivity index (χ4v) is 2.95. The van der Waals surface area contributed by atoms with Gasteiger partial charge < -0.3 is 5.11 Å². The number of phenolic OH excluding ortho intramolecular Hbond substituents is 1. The number of Topliss-reactive ketones (excluding diaryl/α,β-unsaturated/α-hetero) is 1. The third-order valence-corrected chi connectivity index (χ3v) is 4.63. The van der Waals surface area contributed by atoms with E-state index in [1.165, 1.54) is 19.3 Å². The molecule has 0 aliphatic heterocycles. The molecule has 0 aliphatic carbocycles. The highest BCUT2D eigenvalue weighted by molar-refractivity contribution is 9.10. The van der Waals surface area contributed by atoms with Crippen molar-refractivity contribution in [2.24, 2.45) is 0 Å². The maximum Gasteiger partial charge on any atom is 0.162 e. The Morgan fingerprint density at radius 3 is 2.26 bits per heavy atom. The van der Waals surface area contributed by atoms with Crippen molar-refractivity contribution < 1.29 is 9.90 Å². The Kier molecular flexibility index (Phi) is 6.85. The monoisotopic (exact) mass is 374 g/mol. The lowest BCUT2D eigenvalue weighted by molar-refractivity contribution is 0.0979. The van der Waals surface area contributed by atoms with Gasteiger partial charge in [-0.05, 0) is 45.6 Å². The summed E-state index contributed by atoms with van der Waals surface area (Å²) in [5, 5.41) is 9.55. The first-order chi connectivity index (χ1) is 11.1. The second kappa shape index (κ2) is 8.88. The molecule has 122 valence electrons. The molecule has 23 heavy (non-hydrogen) atoms. The van der Waals surface area contributed by atoms with Gasteiger partial charge in [-0.1, -0.05) is 62.9 Å². The molecule has 0 heterocycles. The van der Waals surface area contributed by atoms with Crippen LogP contribution < -0.4 is 0 Å². The lowest BCUT2D eigenvalue weighted by Gasteiger charge is -2.06. The highest BCUT2D eigenvalue weighted by atomic mass is 79.9. The summed E-state index contributed by atoms with van der Waals surface area (Å²) in [4.78, 5) is 12.2. The van der Waals surface area contributed by atoms with Crippen LogP contribution in [0.5, 0.6) is 5.75 Å². The van der Waals surface area contributed by atoms with Gasteiger partial charge in [0.1, 0.15) is 5.75 Å². The van der Waals surface area contributed by atoms with E-state index in [1.807, 2.05) is 36.4 Å². The first kappa shape index (κ1) is 17.7. The number of carbonyl (C=O) groups is 1. The number of halogens is 1. The topological polar surface area (TPSA) is 37.3 Å². The van der Waals surface area contributed by atoms with Gasteiger partial charge in [0.2, 0.25) is 0 Å². The van der Waals surface area contributed by atoms with Crippen molar-refractivity contribution in [1.29, 1.82) is 0 Å². The molecule has 3 heteroatoms. The number of ketones is 1. The zero-order valence-corrected chi connectivity index (χ0v) is 15.1. The minimum atomic E-state index is 0.222. The lowest BCUT2D eigenvalue weighted by Crippen LogP contribution is -1.98. The van der Waals surface area contributed by atoms with Crippen LogP contribution >= 0.6 is 15.9 Å². The number of benzene rings is 2. The van der Waals surface area contributed by atoms with Crippen molar-refractivity contribution in [3.63, 3.8) is 0 Å². The molecule has 1 N–H and O–H groups in total. The van der Waals surface area contributed by atoms with Crippen molar-refractivity contribution >= 4 is 21.7 Å². The van der Waals surface area contributed by atoms with Gasteiger partial charge in [-0.25, -0.2) is 0 Å². The molecule has 2 aromatic carbocycles. The second-order valence-corrected chi connectivity index (χ2v) is 6.69. The quantitative estimate of drug-likeness (QED) is 0.430. The van der Waals surface area contributed by atoms with Gasteiger partial charge in [0.05, 0.1) is 4.47 Å². The number of phenols is 1. The summed E-state index contributed by atoms with van der Waals surface area (Å²) in [6.07, 6.45) is 6.45.